The van der Waals surface area contributed by atoms with Crippen LogP contribution in [0.15, 0.2) is 24.3 Å². The first-order valence-electron chi connectivity index (χ1n) is 5.90. The summed E-state index contributed by atoms with van der Waals surface area (Å²) in [5.74, 6) is 0.312. The molecule has 0 spiro atoms. The molecule has 0 saturated heterocycles. The van der Waals surface area contributed by atoms with Gasteiger partial charge in [0.1, 0.15) is 5.75 Å². The average Bonchev–Trinajstić information content (AvgIpc) is 2.31. The van der Waals surface area contributed by atoms with Crippen molar-refractivity contribution in [1.29, 1.82) is 0 Å². The Morgan fingerprint density at radius 1 is 1.25 bits per heavy atom. The van der Waals surface area contributed by atoms with Crippen LogP contribution in [0.3, 0.4) is 0 Å². The molecule has 2 nitrogen and oxygen atoms in total. The molecular weight excluding hydrogens is 198 g/mol. The second kappa shape index (κ2) is 4.57. The highest BCUT2D eigenvalue weighted by molar-refractivity contribution is 5.34. The molecule has 0 amide bonds. The van der Waals surface area contributed by atoms with Crippen LogP contribution in [-0.4, -0.2) is 11.7 Å². The van der Waals surface area contributed by atoms with Crippen LogP contribution < -0.4 is 0 Å². The molecule has 1 N–H and O–H groups in total. The Hall–Kier alpha value is -1.49. The van der Waals surface area contributed by atoms with Crippen molar-refractivity contribution in [2.24, 2.45) is 0 Å². The van der Waals surface area contributed by atoms with Crippen molar-refractivity contribution in [1.82, 2.24) is 0 Å². The third-order valence-electron chi connectivity index (χ3n) is 3.65. The average molecular weight is 215 g/mol. The maximum absolute atomic E-state index is 9.55. The lowest BCUT2D eigenvalue weighted by Gasteiger charge is -2.33. The SMILES string of the molecule is [C-]#[N+]CC1(c2cccc(O)c2)CCCCC1. The lowest BCUT2D eigenvalue weighted by molar-refractivity contribution is 0.312. The van der Waals surface area contributed by atoms with Gasteiger partial charge in [-0.3, -0.25) is 0 Å². The van der Waals surface area contributed by atoms with Gasteiger partial charge in [-0.1, -0.05) is 31.4 Å². The lowest BCUT2D eigenvalue weighted by Crippen LogP contribution is -2.31. The Labute approximate surface area is 96.7 Å². The molecule has 0 atom stereocenters. The fourth-order valence-electron chi connectivity index (χ4n) is 2.75. The smallest absolute Gasteiger partial charge is 0.224 e. The predicted octanol–water partition coefficient (Wildman–Crippen LogP) is 3.51. The van der Waals surface area contributed by atoms with Crippen LogP contribution in [0.2, 0.25) is 0 Å². The van der Waals surface area contributed by atoms with Crippen LogP contribution in [-0.2, 0) is 5.41 Å². The Kier molecular flexibility index (Phi) is 3.14. The minimum Gasteiger partial charge on any atom is -0.508 e. The van der Waals surface area contributed by atoms with Crippen molar-refractivity contribution in [2.75, 3.05) is 6.54 Å². The summed E-state index contributed by atoms with van der Waals surface area (Å²) in [7, 11) is 0. The number of hydrogen-bond acceptors (Lipinski definition) is 1. The summed E-state index contributed by atoms with van der Waals surface area (Å²) in [6, 6.07) is 7.45. The summed E-state index contributed by atoms with van der Waals surface area (Å²) in [5.41, 5.74) is 1.14. The summed E-state index contributed by atoms with van der Waals surface area (Å²) in [5, 5.41) is 9.55. The van der Waals surface area contributed by atoms with Crippen molar-refractivity contribution >= 4 is 0 Å². The second-order valence-electron chi connectivity index (χ2n) is 4.71. The molecule has 1 aromatic carbocycles. The maximum Gasteiger partial charge on any atom is 0.224 e. The highest BCUT2D eigenvalue weighted by Gasteiger charge is 2.37. The van der Waals surface area contributed by atoms with Gasteiger partial charge in [0.05, 0.1) is 5.41 Å². The number of nitrogens with zero attached hydrogens (tertiary/aromatic N) is 1. The number of hydrogen-bond donors (Lipinski definition) is 1. The molecule has 0 bridgehead atoms. The first kappa shape index (κ1) is 11.0. The molecule has 0 heterocycles. The van der Waals surface area contributed by atoms with Crippen molar-refractivity contribution in [2.45, 2.75) is 37.5 Å². The van der Waals surface area contributed by atoms with E-state index in [1.807, 2.05) is 12.1 Å². The molecule has 1 aliphatic carbocycles. The zero-order valence-electron chi connectivity index (χ0n) is 9.45. The molecule has 1 fully saturated rings. The molecular formula is C14H17NO. The quantitative estimate of drug-likeness (QED) is 0.750. The van der Waals surface area contributed by atoms with Gasteiger partial charge in [0.15, 0.2) is 0 Å². The van der Waals surface area contributed by atoms with Crippen LogP contribution in [0.25, 0.3) is 4.85 Å². The summed E-state index contributed by atoms with van der Waals surface area (Å²) < 4.78 is 0. The molecule has 1 aliphatic rings. The molecule has 0 radical (unpaired) electrons. The molecule has 1 aromatic rings. The van der Waals surface area contributed by atoms with Crippen LogP contribution in [0.5, 0.6) is 5.75 Å². The number of phenolic OH excluding ortho intramolecular Hbond substituents is 1. The first-order chi connectivity index (χ1) is 7.77. The summed E-state index contributed by atoms with van der Waals surface area (Å²) in [6.45, 7) is 7.68. The van der Waals surface area contributed by atoms with E-state index in [-0.39, 0.29) is 5.41 Å². The fraction of sp³-hybridized carbons (Fsp3) is 0.500. The maximum atomic E-state index is 9.55. The van der Waals surface area contributed by atoms with Gasteiger partial charge in [0.2, 0.25) is 6.54 Å². The van der Waals surface area contributed by atoms with E-state index in [0.29, 0.717) is 12.3 Å². The third kappa shape index (κ3) is 2.04. The Morgan fingerprint density at radius 3 is 2.62 bits per heavy atom. The van der Waals surface area contributed by atoms with Crippen LogP contribution >= 0.6 is 0 Å². The van der Waals surface area contributed by atoms with Gasteiger partial charge in [-0.05, 0) is 30.5 Å². The summed E-state index contributed by atoms with van der Waals surface area (Å²) in [4.78, 5) is 3.61. The molecule has 0 unspecified atom stereocenters. The van der Waals surface area contributed by atoms with Crippen molar-refractivity contribution in [3.05, 3.63) is 41.2 Å². The normalized spacial score (nSPS) is 18.9. The molecule has 0 aromatic heterocycles. The van der Waals surface area contributed by atoms with E-state index >= 15 is 0 Å². The Bertz CT molecular complexity index is 399. The minimum absolute atomic E-state index is 0.00125. The van der Waals surface area contributed by atoms with Crippen molar-refractivity contribution in [3.8, 4) is 5.75 Å². The Morgan fingerprint density at radius 2 is 2.00 bits per heavy atom. The summed E-state index contributed by atoms with van der Waals surface area (Å²) >= 11 is 0. The van der Waals surface area contributed by atoms with Crippen molar-refractivity contribution < 1.29 is 5.11 Å². The zero-order valence-corrected chi connectivity index (χ0v) is 9.45. The molecule has 0 aliphatic heterocycles. The monoisotopic (exact) mass is 215 g/mol. The van der Waals surface area contributed by atoms with E-state index in [1.165, 1.54) is 19.3 Å². The van der Waals surface area contributed by atoms with E-state index in [9.17, 15) is 5.11 Å². The highest BCUT2D eigenvalue weighted by atomic mass is 16.3. The third-order valence-corrected chi connectivity index (χ3v) is 3.65. The van der Waals surface area contributed by atoms with E-state index in [4.69, 9.17) is 6.57 Å². The number of benzene rings is 1. The molecule has 84 valence electrons. The van der Waals surface area contributed by atoms with Gasteiger partial charge < -0.3 is 9.95 Å². The summed E-state index contributed by atoms with van der Waals surface area (Å²) in [6.07, 6.45) is 5.84. The standard InChI is InChI=1S/C14H17NO/c1-15-11-14(8-3-2-4-9-14)12-6-5-7-13(16)10-12/h5-7,10,16H,2-4,8-9,11H2. The fourth-order valence-corrected chi connectivity index (χ4v) is 2.75. The van der Waals surface area contributed by atoms with Crippen LogP contribution in [0.1, 0.15) is 37.7 Å². The van der Waals surface area contributed by atoms with Gasteiger partial charge in [0, 0.05) is 0 Å². The van der Waals surface area contributed by atoms with Crippen LogP contribution in [0.4, 0.5) is 0 Å². The van der Waals surface area contributed by atoms with Gasteiger partial charge in [0.25, 0.3) is 0 Å². The molecule has 2 rings (SSSR count). The topological polar surface area (TPSA) is 24.6 Å². The van der Waals surface area contributed by atoms with E-state index in [1.54, 1.807) is 6.07 Å². The van der Waals surface area contributed by atoms with E-state index in [2.05, 4.69) is 10.9 Å². The second-order valence-corrected chi connectivity index (χ2v) is 4.71. The minimum atomic E-state index is -0.00125. The van der Waals surface area contributed by atoms with Gasteiger partial charge >= 0.3 is 0 Å². The predicted molar refractivity (Wildman–Crippen MR) is 64.3 cm³/mol. The largest absolute Gasteiger partial charge is 0.508 e. The molecule has 2 heteroatoms. The first-order valence-corrected chi connectivity index (χ1v) is 5.90. The molecule has 1 saturated carbocycles. The Balaban J connectivity index is 2.35. The lowest BCUT2D eigenvalue weighted by atomic mass is 9.69. The number of phenols is 1. The number of aromatic hydroxyl groups is 1. The zero-order chi connectivity index (χ0) is 11.4. The van der Waals surface area contributed by atoms with Crippen LogP contribution in [0, 0.1) is 6.57 Å². The molecule has 16 heavy (non-hydrogen) atoms. The van der Waals surface area contributed by atoms with Gasteiger partial charge in [-0.2, -0.15) is 0 Å². The van der Waals surface area contributed by atoms with Gasteiger partial charge in [-0.25, -0.2) is 6.57 Å². The van der Waals surface area contributed by atoms with E-state index < -0.39 is 0 Å². The van der Waals surface area contributed by atoms with E-state index in [0.717, 1.165) is 18.4 Å². The van der Waals surface area contributed by atoms with Gasteiger partial charge in [-0.15, -0.1) is 0 Å². The highest BCUT2D eigenvalue weighted by Crippen LogP contribution is 2.40. The van der Waals surface area contributed by atoms with Crippen molar-refractivity contribution in [3.63, 3.8) is 0 Å². The number of rotatable bonds is 2.